The first-order chi connectivity index (χ1) is 7.07. The van der Waals surface area contributed by atoms with Gasteiger partial charge in [-0.15, -0.1) is 0 Å². The smallest absolute Gasteiger partial charge is 0.0781 e. The molecule has 2 nitrogen and oxygen atoms in total. The zero-order valence-corrected chi connectivity index (χ0v) is 10.1. The fraction of sp³-hybridized carbons (Fsp3) is 0.538. The van der Waals surface area contributed by atoms with E-state index in [1.165, 1.54) is 0 Å². The van der Waals surface area contributed by atoms with Crippen molar-refractivity contribution in [1.29, 1.82) is 0 Å². The second-order valence-electron chi connectivity index (χ2n) is 4.10. The molecule has 1 aromatic rings. The van der Waals surface area contributed by atoms with Crippen molar-refractivity contribution < 1.29 is 5.11 Å². The minimum atomic E-state index is -0.410. The standard InChI is InChI=1S/C13H21NO/c1-5-10(2)14(4)13-9-7-6-8-12(13)11(3)15/h6-11,15H,5H2,1-4H3/t10?,11-/m1/s1. The minimum Gasteiger partial charge on any atom is -0.389 e. The molecule has 0 amide bonds. The Hall–Kier alpha value is -1.02. The van der Waals surface area contributed by atoms with Crippen LogP contribution in [0.3, 0.4) is 0 Å². The highest BCUT2D eigenvalue weighted by Crippen LogP contribution is 2.26. The second-order valence-corrected chi connectivity index (χ2v) is 4.10. The first kappa shape index (κ1) is 12.1. The van der Waals surface area contributed by atoms with Gasteiger partial charge < -0.3 is 10.0 Å². The highest BCUT2D eigenvalue weighted by atomic mass is 16.3. The third kappa shape index (κ3) is 2.72. The van der Waals surface area contributed by atoms with Crippen molar-refractivity contribution >= 4 is 5.69 Å². The van der Waals surface area contributed by atoms with Gasteiger partial charge in [0.1, 0.15) is 0 Å². The Morgan fingerprint density at radius 3 is 2.40 bits per heavy atom. The molecule has 2 atom stereocenters. The van der Waals surface area contributed by atoms with Crippen molar-refractivity contribution in [2.45, 2.75) is 39.3 Å². The lowest BCUT2D eigenvalue weighted by Crippen LogP contribution is -2.29. The number of hydrogen-bond donors (Lipinski definition) is 1. The van der Waals surface area contributed by atoms with Gasteiger partial charge in [0.05, 0.1) is 6.10 Å². The van der Waals surface area contributed by atoms with Crippen LogP contribution in [0.15, 0.2) is 24.3 Å². The number of hydrogen-bond acceptors (Lipinski definition) is 2. The number of aliphatic hydroxyl groups excluding tert-OH is 1. The van der Waals surface area contributed by atoms with E-state index in [1.54, 1.807) is 0 Å². The lowest BCUT2D eigenvalue weighted by atomic mass is 10.1. The molecular formula is C13H21NO. The molecule has 0 fully saturated rings. The molecule has 15 heavy (non-hydrogen) atoms. The monoisotopic (exact) mass is 207 g/mol. The number of aliphatic hydroxyl groups is 1. The molecule has 1 unspecified atom stereocenters. The van der Waals surface area contributed by atoms with E-state index in [1.807, 2.05) is 25.1 Å². The van der Waals surface area contributed by atoms with E-state index in [0.717, 1.165) is 17.7 Å². The van der Waals surface area contributed by atoms with E-state index in [2.05, 4.69) is 31.9 Å². The normalized spacial score (nSPS) is 14.7. The van der Waals surface area contributed by atoms with Crippen LogP contribution in [0.1, 0.15) is 38.9 Å². The molecule has 1 N–H and O–H groups in total. The van der Waals surface area contributed by atoms with Crippen LogP contribution in [0, 0.1) is 0 Å². The Balaban J connectivity index is 3.02. The molecule has 0 saturated heterocycles. The molecule has 0 heterocycles. The lowest BCUT2D eigenvalue weighted by Gasteiger charge is -2.29. The van der Waals surface area contributed by atoms with Crippen LogP contribution < -0.4 is 4.90 Å². The third-order valence-electron chi connectivity index (χ3n) is 3.02. The van der Waals surface area contributed by atoms with Crippen molar-refractivity contribution in [2.75, 3.05) is 11.9 Å². The summed E-state index contributed by atoms with van der Waals surface area (Å²) < 4.78 is 0. The highest BCUT2D eigenvalue weighted by Gasteiger charge is 2.13. The Kier molecular flexibility index (Phi) is 4.15. The van der Waals surface area contributed by atoms with Gasteiger partial charge in [-0.1, -0.05) is 25.1 Å². The SMILES string of the molecule is CCC(C)N(C)c1ccccc1[C@@H](C)O. The average Bonchev–Trinajstić information content (AvgIpc) is 2.27. The first-order valence-corrected chi connectivity index (χ1v) is 5.57. The maximum atomic E-state index is 9.68. The van der Waals surface area contributed by atoms with E-state index in [-0.39, 0.29) is 0 Å². The fourth-order valence-electron chi connectivity index (χ4n) is 1.67. The summed E-state index contributed by atoms with van der Waals surface area (Å²) in [5.74, 6) is 0. The molecular weight excluding hydrogens is 186 g/mol. The van der Waals surface area contributed by atoms with Gasteiger partial charge in [-0.25, -0.2) is 0 Å². The maximum absolute atomic E-state index is 9.68. The molecule has 0 aromatic heterocycles. The summed E-state index contributed by atoms with van der Waals surface area (Å²) in [4.78, 5) is 2.22. The number of para-hydroxylation sites is 1. The van der Waals surface area contributed by atoms with Crippen LogP contribution in [0.5, 0.6) is 0 Å². The number of rotatable bonds is 4. The fourth-order valence-corrected chi connectivity index (χ4v) is 1.67. The number of benzene rings is 1. The lowest BCUT2D eigenvalue weighted by molar-refractivity contribution is 0.199. The quantitative estimate of drug-likeness (QED) is 0.820. The van der Waals surface area contributed by atoms with E-state index >= 15 is 0 Å². The average molecular weight is 207 g/mol. The molecule has 0 aliphatic rings. The van der Waals surface area contributed by atoms with Crippen LogP contribution in [0.4, 0.5) is 5.69 Å². The first-order valence-electron chi connectivity index (χ1n) is 5.57. The summed E-state index contributed by atoms with van der Waals surface area (Å²) in [7, 11) is 2.08. The molecule has 1 aromatic carbocycles. The van der Waals surface area contributed by atoms with E-state index in [9.17, 15) is 5.11 Å². The largest absolute Gasteiger partial charge is 0.389 e. The molecule has 0 saturated carbocycles. The topological polar surface area (TPSA) is 23.5 Å². The van der Waals surface area contributed by atoms with Crippen LogP contribution in [-0.4, -0.2) is 18.2 Å². The van der Waals surface area contributed by atoms with Crippen LogP contribution in [-0.2, 0) is 0 Å². The van der Waals surface area contributed by atoms with Crippen LogP contribution in [0.25, 0.3) is 0 Å². The highest BCUT2D eigenvalue weighted by molar-refractivity contribution is 5.54. The van der Waals surface area contributed by atoms with E-state index in [0.29, 0.717) is 6.04 Å². The van der Waals surface area contributed by atoms with Crippen LogP contribution >= 0.6 is 0 Å². The molecule has 0 radical (unpaired) electrons. The molecule has 0 bridgehead atoms. The zero-order valence-electron chi connectivity index (χ0n) is 10.1. The van der Waals surface area contributed by atoms with Gasteiger partial charge in [0.15, 0.2) is 0 Å². The summed E-state index contributed by atoms with van der Waals surface area (Å²) >= 11 is 0. The minimum absolute atomic E-state index is 0.410. The van der Waals surface area contributed by atoms with Gasteiger partial charge in [-0.05, 0) is 26.3 Å². The van der Waals surface area contributed by atoms with Crippen molar-refractivity contribution in [1.82, 2.24) is 0 Å². The summed E-state index contributed by atoms with van der Waals surface area (Å²) in [6, 6.07) is 8.52. The molecule has 1 rings (SSSR count). The summed E-state index contributed by atoms with van der Waals surface area (Å²) in [6.07, 6.45) is 0.692. The van der Waals surface area contributed by atoms with Crippen LogP contribution in [0.2, 0.25) is 0 Å². The Morgan fingerprint density at radius 2 is 1.87 bits per heavy atom. The summed E-state index contributed by atoms with van der Waals surface area (Å²) in [5, 5.41) is 9.68. The Morgan fingerprint density at radius 1 is 1.27 bits per heavy atom. The molecule has 2 heteroatoms. The molecule has 0 aliphatic carbocycles. The summed E-state index contributed by atoms with van der Waals surface area (Å²) in [5.41, 5.74) is 2.13. The number of anilines is 1. The zero-order chi connectivity index (χ0) is 11.4. The van der Waals surface area contributed by atoms with Gasteiger partial charge in [0.25, 0.3) is 0 Å². The maximum Gasteiger partial charge on any atom is 0.0781 e. The summed E-state index contributed by atoms with van der Waals surface area (Å²) in [6.45, 7) is 6.17. The van der Waals surface area contributed by atoms with Crippen molar-refractivity contribution in [2.24, 2.45) is 0 Å². The molecule has 0 aliphatic heterocycles. The van der Waals surface area contributed by atoms with E-state index < -0.39 is 6.10 Å². The van der Waals surface area contributed by atoms with Crippen molar-refractivity contribution in [3.8, 4) is 0 Å². The van der Waals surface area contributed by atoms with Gasteiger partial charge in [-0.2, -0.15) is 0 Å². The van der Waals surface area contributed by atoms with E-state index in [4.69, 9.17) is 0 Å². The Labute approximate surface area is 92.5 Å². The molecule has 84 valence electrons. The van der Waals surface area contributed by atoms with Crippen molar-refractivity contribution in [3.63, 3.8) is 0 Å². The van der Waals surface area contributed by atoms with Gasteiger partial charge in [0.2, 0.25) is 0 Å². The molecule has 0 spiro atoms. The second kappa shape index (κ2) is 5.17. The van der Waals surface area contributed by atoms with Gasteiger partial charge in [0, 0.05) is 24.3 Å². The third-order valence-corrected chi connectivity index (χ3v) is 3.02. The number of nitrogens with zero attached hydrogens (tertiary/aromatic N) is 1. The van der Waals surface area contributed by atoms with Crippen molar-refractivity contribution in [3.05, 3.63) is 29.8 Å². The predicted molar refractivity (Wildman–Crippen MR) is 65.2 cm³/mol. The predicted octanol–water partition coefficient (Wildman–Crippen LogP) is 2.97. The van der Waals surface area contributed by atoms with Gasteiger partial charge in [-0.3, -0.25) is 0 Å². The van der Waals surface area contributed by atoms with Gasteiger partial charge >= 0.3 is 0 Å². The Bertz CT molecular complexity index is 309.